The molecule has 0 saturated carbocycles. The molecule has 0 aliphatic carbocycles. The summed E-state index contributed by atoms with van der Waals surface area (Å²) in [6.45, 7) is 5.80. The predicted octanol–water partition coefficient (Wildman–Crippen LogP) is 0.749. The molecule has 0 aromatic heterocycles. The molecule has 1 rings (SSSR count). The molecule has 0 radical (unpaired) electrons. The lowest BCUT2D eigenvalue weighted by molar-refractivity contribution is -0.151. The first kappa shape index (κ1) is 17.7. The fourth-order valence-electron chi connectivity index (χ4n) is 1.96. The van der Waals surface area contributed by atoms with Crippen LogP contribution in [0.4, 0.5) is 0 Å². The number of hydrogen-bond acceptors (Lipinski definition) is 6. The van der Waals surface area contributed by atoms with E-state index in [1.54, 1.807) is 6.92 Å². The Balaban J connectivity index is 2.69. The van der Waals surface area contributed by atoms with Crippen molar-refractivity contribution in [3.63, 3.8) is 0 Å². The molecule has 0 aromatic carbocycles. The maximum atomic E-state index is 12.1. The Morgan fingerprint density at radius 2 is 2.24 bits per heavy atom. The molecule has 8 heteroatoms. The van der Waals surface area contributed by atoms with Gasteiger partial charge in [-0.2, -0.15) is 0 Å². The summed E-state index contributed by atoms with van der Waals surface area (Å²) in [5.74, 6) is -0.741. The van der Waals surface area contributed by atoms with Gasteiger partial charge < -0.3 is 20.6 Å². The van der Waals surface area contributed by atoms with Crippen LogP contribution < -0.4 is 11.1 Å². The van der Waals surface area contributed by atoms with Gasteiger partial charge in [0.05, 0.1) is 12.6 Å². The van der Waals surface area contributed by atoms with Crippen molar-refractivity contribution >= 4 is 28.6 Å². The van der Waals surface area contributed by atoms with Crippen LogP contribution in [0, 0.1) is 5.92 Å². The highest BCUT2D eigenvalue weighted by atomic mass is 35.5. The van der Waals surface area contributed by atoms with Gasteiger partial charge in [-0.3, -0.25) is 4.79 Å². The van der Waals surface area contributed by atoms with Gasteiger partial charge in [0.15, 0.2) is 12.1 Å². The largest absolute Gasteiger partial charge is 0.464 e. The lowest BCUT2D eigenvalue weighted by Gasteiger charge is -2.23. The molecule has 3 N–H and O–H groups in total. The molecule has 1 aliphatic heterocycles. The first-order valence-corrected chi connectivity index (χ1v) is 7.33. The van der Waals surface area contributed by atoms with Gasteiger partial charge >= 0.3 is 5.97 Å². The fraction of sp³-hybridized carbons (Fsp3) is 0.769. The number of ether oxygens (including phenoxy) is 1. The molecule has 0 saturated heterocycles. The second kappa shape index (κ2) is 8.19. The van der Waals surface area contributed by atoms with E-state index in [-0.39, 0.29) is 24.1 Å². The Kier molecular flexibility index (Phi) is 6.91. The van der Waals surface area contributed by atoms with Crippen LogP contribution in [0.1, 0.15) is 33.6 Å². The van der Waals surface area contributed by atoms with Crippen LogP contribution in [0.5, 0.6) is 0 Å². The minimum Gasteiger partial charge on any atom is -0.464 e. The summed E-state index contributed by atoms with van der Waals surface area (Å²) in [4.78, 5) is 29.1. The highest BCUT2D eigenvalue weighted by Crippen LogP contribution is 2.17. The van der Waals surface area contributed by atoms with Crippen molar-refractivity contribution < 1.29 is 19.2 Å². The molecule has 7 nitrogen and oxygen atoms in total. The molecule has 1 amide bonds. The Hall–Kier alpha value is -1.34. The van der Waals surface area contributed by atoms with E-state index < -0.39 is 30.1 Å². The molecular weight excluding hydrogens is 298 g/mol. The van der Waals surface area contributed by atoms with Crippen molar-refractivity contribution in [2.75, 3.05) is 6.61 Å². The summed E-state index contributed by atoms with van der Waals surface area (Å²) >= 11 is 5.74. The maximum absolute atomic E-state index is 12.1. The molecule has 0 fully saturated rings. The Morgan fingerprint density at radius 1 is 1.57 bits per heavy atom. The Labute approximate surface area is 129 Å². The lowest BCUT2D eigenvalue weighted by Crippen LogP contribution is -2.54. The lowest BCUT2D eigenvalue weighted by atomic mass is 10.0. The number of rotatable bonds is 7. The molecule has 1 heterocycles. The first-order valence-electron chi connectivity index (χ1n) is 6.95. The van der Waals surface area contributed by atoms with E-state index in [4.69, 9.17) is 26.9 Å². The normalized spacial score (nSPS) is 20.5. The van der Waals surface area contributed by atoms with E-state index in [2.05, 4.69) is 10.5 Å². The van der Waals surface area contributed by atoms with E-state index in [1.165, 1.54) is 0 Å². The molecular formula is C13H22ClN3O4. The number of nitrogens with one attached hydrogen (secondary N) is 1. The third-order valence-corrected chi connectivity index (χ3v) is 3.15. The van der Waals surface area contributed by atoms with Gasteiger partial charge in [-0.25, -0.2) is 4.79 Å². The smallest absolute Gasteiger partial charge is 0.332 e. The first-order chi connectivity index (χ1) is 9.85. The third-order valence-electron chi connectivity index (χ3n) is 2.93. The Morgan fingerprint density at radius 3 is 2.71 bits per heavy atom. The summed E-state index contributed by atoms with van der Waals surface area (Å²) in [5, 5.41) is 6.39. The van der Waals surface area contributed by atoms with Crippen molar-refractivity contribution in [3.05, 3.63) is 0 Å². The summed E-state index contributed by atoms with van der Waals surface area (Å²) in [7, 11) is 0. The number of halogens is 1. The van der Waals surface area contributed by atoms with Crippen LogP contribution in [0.2, 0.25) is 0 Å². The van der Waals surface area contributed by atoms with Gasteiger partial charge in [0, 0.05) is 6.42 Å². The van der Waals surface area contributed by atoms with Gasteiger partial charge in [0.2, 0.25) is 5.91 Å². The van der Waals surface area contributed by atoms with Gasteiger partial charge in [-0.05, 0) is 19.3 Å². The number of carbonyl (C=O) groups is 2. The SMILES string of the molecule is CCOC(=O)[C@@H](NC(=O)[C@H](N)CC(C)C)[C@@H]1CC(Cl)=NO1. The second-order valence-corrected chi connectivity index (χ2v) is 5.73. The molecule has 21 heavy (non-hydrogen) atoms. The van der Waals surface area contributed by atoms with Gasteiger partial charge in [0.25, 0.3) is 0 Å². The summed E-state index contributed by atoms with van der Waals surface area (Å²) in [6, 6.07) is -1.67. The Bertz CT molecular complexity index is 414. The topological polar surface area (TPSA) is 103 Å². The van der Waals surface area contributed by atoms with Crippen LogP contribution in [-0.2, 0) is 19.2 Å². The number of oxime groups is 1. The summed E-state index contributed by atoms with van der Waals surface area (Å²) < 4.78 is 4.94. The zero-order valence-electron chi connectivity index (χ0n) is 12.5. The highest BCUT2D eigenvalue weighted by Gasteiger charge is 2.37. The quantitative estimate of drug-likeness (QED) is 0.674. The minimum absolute atomic E-state index is 0.199. The van der Waals surface area contributed by atoms with E-state index in [9.17, 15) is 9.59 Å². The number of nitrogens with zero attached hydrogens (tertiary/aromatic N) is 1. The zero-order valence-corrected chi connectivity index (χ0v) is 13.2. The zero-order chi connectivity index (χ0) is 16.0. The van der Waals surface area contributed by atoms with Crippen molar-refractivity contribution in [3.8, 4) is 0 Å². The van der Waals surface area contributed by atoms with Crippen LogP contribution in [0.15, 0.2) is 5.16 Å². The number of esters is 1. The van der Waals surface area contributed by atoms with Crippen molar-refractivity contribution in [2.45, 2.75) is 51.8 Å². The number of nitrogens with two attached hydrogens (primary N) is 1. The average molecular weight is 320 g/mol. The monoisotopic (exact) mass is 319 g/mol. The highest BCUT2D eigenvalue weighted by molar-refractivity contribution is 6.65. The molecule has 3 atom stereocenters. The van der Waals surface area contributed by atoms with E-state index in [1.807, 2.05) is 13.8 Å². The van der Waals surface area contributed by atoms with Crippen LogP contribution >= 0.6 is 11.6 Å². The number of carbonyl (C=O) groups excluding carboxylic acids is 2. The average Bonchev–Trinajstić information content (AvgIpc) is 2.81. The standard InChI is InChI=1S/C13H22ClN3O4/c1-4-20-13(19)11(9-6-10(14)17-21-9)16-12(18)8(15)5-7(2)3/h7-9,11H,4-6,15H2,1-3H3,(H,16,18)/t8-,9+,11+/m1/s1. The van der Waals surface area contributed by atoms with Crippen LogP contribution in [0.25, 0.3) is 0 Å². The summed E-state index contributed by atoms with van der Waals surface area (Å²) in [6.07, 6.45) is 0.0845. The molecule has 0 unspecified atom stereocenters. The van der Waals surface area contributed by atoms with Crippen molar-refractivity contribution in [1.29, 1.82) is 0 Å². The van der Waals surface area contributed by atoms with Gasteiger partial charge in [0.1, 0.15) is 5.17 Å². The van der Waals surface area contributed by atoms with Crippen LogP contribution in [-0.4, -0.2) is 41.8 Å². The fourth-order valence-corrected chi connectivity index (χ4v) is 2.15. The number of amides is 1. The van der Waals surface area contributed by atoms with Gasteiger partial charge in [-0.15, -0.1) is 0 Å². The van der Waals surface area contributed by atoms with E-state index >= 15 is 0 Å². The third kappa shape index (κ3) is 5.51. The minimum atomic E-state index is -0.976. The van der Waals surface area contributed by atoms with Gasteiger partial charge in [-0.1, -0.05) is 30.6 Å². The summed E-state index contributed by atoms with van der Waals surface area (Å²) in [5.41, 5.74) is 5.81. The predicted molar refractivity (Wildman–Crippen MR) is 78.8 cm³/mol. The molecule has 0 bridgehead atoms. The van der Waals surface area contributed by atoms with Crippen molar-refractivity contribution in [2.24, 2.45) is 16.8 Å². The second-order valence-electron chi connectivity index (χ2n) is 5.29. The number of hydrogen-bond donors (Lipinski definition) is 2. The van der Waals surface area contributed by atoms with E-state index in [0.717, 1.165) is 0 Å². The molecule has 120 valence electrons. The molecule has 0 spiro atoms. The van der Waals surface area contributed by atoms with Crippen molar-refractivity contribution in [1.82, 2.24) is 5.32 Å². The van der Waals surface area contributed by atoms with Crippen LogP contribution in [0.3, 0.4) is 0 Å². The maximum Gasteiger partial charge on any atom is 0.332 e. The van der Waals surface area contributed by atoms with E-state index in [0.29, 0.717) is 6.42 Å². The molecule has 0 aromatic rings. The molecule has 1 aliphatic rings.